The SMILES string of the molecule is Cc1ccccc1OCC(=O)NCc1c(C)[nH]c2ccccc12. The van der Waals surface area contributed by atoms with E-state index in [0.29, 0.717) is 6.54 Å². The average molecular weight is 308 g/mol. The topological polar surface area (TPSA) is 54.1 Å². The Kier molecular flexibility index (Phi) is 4.33. The van der Waals surface area contributed by atoms with Crippen LogP contribution in [0.3, 0.4) is 0 Å². The lowest BCUT2D eigenvalue weighted by Crippen LogP contribution is -2.28. The number of nitrogens with one attached hydrogen (secondary N) is 2. The van der Waals surface area contributed by atoms with Crippen molar-refractivity contribution < 1.29 is 9.53 Å². The van der Waals surface area contributed by atoms with Crippen molar-refractivity contribution in [2.24, 2.45) is 0 Å². The van der Waals surface area contributed by atoms with Crippen LogP contribution >= 0.6 is 0 Å². The third-order valence-electron chi connectivity index (χ3n) is 3.94. The number of ether oxygens (including phenoxy) is 1. The fourth-order valence-corrected chi connectivity index (χ4v) is 2.66. The van der Waals surface area contributed by atoms with Gasteiger partial charge in [0.1, 0.15) is 5.75 Å². The number of aromatic amines is 1. The predicted molar refractivity (Wildman–Crippen MR) is 91.6 cm³/mol. The number of carbonyl (C=O) groups excluding carboxylic acids is 1. The van der Waals surface area contributed by atoms with E-state index in [1.54, 1.807) is 0 Å². The molecule has 1 heterocycles. The van der Waals surface area contributed by atoms with Crippen LogP contribution in [0.15, 0.2) is 48.5 Å². The summed E-state index contributed by atoms with van der Waals surface area (Å²) in [6, 6.07) is 15.8. The molecule has 0 atom stereocenters. The lowest BCUT2D eigenvalue weighted by molar-refractivity contribution is -0.123. The fourth-order valence-electron chi connectivity index (χ4n) is 2.66. The number of carbonyl (C=O) groups is 1. The molecule has 0 unspecified atom stereocenters. The van der Waals surface area contributed by atoms with Crippen molar-refractivity contribution >= 4 is 16.8 Å². The number of fused-ring (bicyclic) bond motifs is 1. The highest BCUT2D eigenvalue weighted by molar-refractivity contribution is 5.85. The van der Waals surface area contributed by atoms with Gasteiger partial charge in [0.25, 0.3) is 5.91 Å². The van der Waals surface area contributed by atoms with Crippen LogP contribution in [0.25, 0.3) is 10.9 Å². The average Bonchev–Trinajstić information content (AvgIpc) is 2.87. The molecule has 0 aliphatic rings. The lowest BCUT2D eigenvalue weighted by atomic mass is 10.1. The zero-order chi connectivity index (χ0) is 16.2. The monoisotopic (exact) mass is 308 g/mol. The number of para-hydroxylation sites is 2. The van der Waals surface area contributed by atoms with Crippen molar-refractivity contribution in [3.05, 3.63) is 65.4 Å². The van der Waals surface area contributed by atoms with Gasteiger partial charge in [0.05, 0.1) is 0 Å². The van der Waals surface area contributed by atoms with Crippen molar-refractivity contribution in [3.8, 4) is 5.75 Å². The first-order valence-electron chi connectivity index (χ1n) is 7.66. The molecular formula is C19H20N2O2. The summed E-state index contributed by atoms with van der Waals surface area (Å²) in [5, 5.41) is 4.07. The summed E-state index contributed by atoms with van der Waals surface area (Å²) in [5.41, 5.74) is 4.30. The minimum Gasteiger partial charge on any atom is -0.484 e. The minimum atomic E-state index is -0.127. The maximum atomic E-state index is 12.0. The van der Waals surface area contributed by atoms with E-state index in [1.165, 1.54) is 0 Å². The summed E-state index contributed by atoms with van der Waals surface area (Å²) >= 11 is 0. The van der Waals surface area contributed by atoms with E-state index in [9.17, 15) is 4.79 Å². The maximum Gasteiger partial charge on any atom is 0.258 e. The number of aromatic nitrogens is 1. The summed E-state index contributed by atoms with van der Waals surface area (Å²) in [4.78, 5) is 15.4. The molecule has 0 aliphatic carbocycles. The van der Waals surface area contributed by atoms with Gasteiger partial charge in [0, 0.05) is 23.1 Å². The highest BCUT2D eigenvalue weighted by Crippen LogP contribution is 2.21. The van der Waals surface area contributed by atoms with Gasteiger partial charge >= 0.3 is 0 Å². The Labute approximate surface area is 135 Å². The maximum absolute atomic E-state index is 12.0. The largest absolute Gasteiger partial charge is 0.484 e. The molecule has 3 aromatic rings. The molecule has 4 nitrogen and oxygen atoms in total. The highest BCUT2D eigenvalue weighted by atomic mass is 16.5. The van der Waals surface area contributed by atoms with E-state index in [4.69, 9.17) is 4.74 Å². The van der Waals surface area contributed by atoms with Crippen LogP contribution in [-0.4, -0.2) is 17.5 Å². The predicted octanol–water partition coefficient (Wildman–Crippen LogP) is 3.48. The Bertz CT molecular complexity index is 836. The number of rotatable bonds is 5. The molecule has 0 saturated carbocycles. The second-order valence-electron chi connectivity index (χ2n) is 5.61. The van der Waals surface area contributed by atoms with Gasteiger partial charge < -0.3 is 15.0 Å². The molecule has 2 N–H and O–H groups in total. The van der Waals surface area contributed by atoms with Crippen molar-refractivity contribution in [2.75, 3.05) is 6.61 Å². The van der Waals surface area contributed by atoms with Crippen LogP contribution in [-0.2, 0) is 11.3 Å². The van der Waals surface area contributed by atoms with Gasteiger partial charge in [-0.05, 0) is 37.1 Å². The number of amides is 1. The molecule has 0 fully saturated rings. The number of hydrogen-bond donors (Lipinski definition) is 2. The quantitative estimate of drug-likeness (QED) is 0.758. The van der Waals surface area contributed by atoms with Crippen molar-refractivity contribution in [1.82, 2.24) is 10.3 Å². The first kappa shape index (κ1) is 15.2. The van der Waals surface area contributed by atoms with E-state index in [1.807, 2.05) is 56.3 Å². The van der Waals surface area contributed by atoms with Crippen LogP contribution in [0, 0.1) is 13.8 Å². The fraction of sp³-hybridized carbons (Fsp3) is 0.211. The number of benzene rings is 2. The number of H-pyrrole nitrogens is 1. The van der Waals surface area contributed by atoms with Crippen molar-refractivity contribution in [3.63, 3.8) is 0 Å². The third-order valence-corrected chi connectivity index (χ3v) is 3.94. The van der Waals surface area contributed by atoms with Crippen LogP contribution in [0.5, 0.6) is 5.75 Å². The van der Waals surface area contributed by atoms with E-state index in [-0.39, 0.29) is 12.5 Å². The molecule has 3 rings (SSSR count). The molecule has 0 aliphatic heterocycles. The van der Waals surface area contributed by atoms with E-state index in [2.05, 4.69) is 16.4 Å². The number of hydrogen-bond acceptors (Lipinski definition) is 2. The van der Waals surface area contributed by atoms with Gasteiger partial charge in [-0.15, -0.1) is 0 Å². The van der Waals surface area contributed by atoms with Crippen LogP contribution in [0.1, 0.15) is 16.8 Å². The second kappa shape index (κ2) is 6.57. The Morgan fingerprint density at radius 3 is 2.65 bits per heavy atom. The Balaban J connectivity index is 1.60. The lowest BCUT2D eigenvalue weighted by Gasteiger charge is -2.09. The van der Waals surface area contributed by atoms with Gasteiger partial charge in [-0.25, -0.2) is 0 Å². The van der Waals surface area contributed by atoms with E-state index in [0.717, 1.165) is 33.5 Å². The smallest absolute Gasteiger partial charge is 0.258 e. The molecule has 4 heteroatoms. The normalized spacial score (nSPS) is 10.7. The summed E-state index contributed by atoms with van der Waals surface area (Å²) in [7, 11) is 0. The molecule has 1 amide bonds. The molecule has 2 aromatic carbocycles. The Hall–Kier alpha value is -2.75. The van der Waals surface area contributed by atoms with Crippen LogP contribution in [0.2, 0.25) is 0 Å². The van der Waals surface area contributed by atoms with Crippen molar-refractivity contribution in [2.45, 2.75) is 20.4 Å². The second-order valence-corrected chi connectivity index (χ2v) is 5.61. The molecule has 1 aromatic heterocycles. The highest BCUT2D eigenvalue weighted by Gasteiger charge is 2.10. The summed E-state index contributed by atoms with van der Waals surface area (Å²) < 4.78 is 5.57. The summed E-state index contributed by atoms with van der Waals surface area (Å²) in [6.45, 7) is 4.49. The minimum absolute atomic E-state index is 0.0201. The van der Waals surface area contributed by atoms with Gasteiger partial charge in [0.2, 0.25) is 0 Å². The zero-order valence-electron chi connectivity index (χ0n) is 13.3. The molecule has 0 saturated heterocycles. The first-order valence-corrected chi connectivity index (χ1v) is 7.66. The molecule has 118 valence electrons. The van der Waals surface area contributed by atoms with Crippen molar-refractivity contribution in [1.29, 1.82) is 0 Å². The molecular weight excluding hydrogens is 288 g/mol. The number of aryl methyl sites for hydroxylation is 2. The molecule has 0 bridgehead atoms. The molecule has 0 spiro atoms. The zero-order valence-corrected chi connectivity index (χ0v) is 13.3. The third kappa shape index (κ3) is 3.37. The van der Waals surface area contributed by atoms with Gasteiger partial charge in [-0.3, -0.25) is 4.79 Å². The Morgan fingerprint density at radius 2 is 1.83 bits per heavy atom. The van der Waals surface area contributed by atoms with E-state index >= 15 is 0 Å². The molecule has 0 radical (unpaired) electrons. The summed E-state index contributed by atoms with van der Waals surface area (Å²) in [6.07, 6.45) is 0. The van der Waals surface area contributed by atoms with Gasteiger partial charge in [0.15, 0.2) is 6.61 Å². The standard InChI is InChI=1S/C19H20N2O2/c1-13-7-3-6-10-18(13)23-12-19(22)20-11-16-14(2)21-17-9-5-4-8-15(16)17/h3-10,21H,11-12H2,1-2H3,(H,20,22). The van der Waals surface area contributed by atoms with Gasteiger partial charge in [-0.2, -0.15) is 0 Å². The summed E-state index contributed by atoms with van der Waals surface area (Å²) in [5.74, 6) is 0.615. The first-order chi connectivity index (χ1) is 11.1. The van der Waals surface area contributed by atoms with Gasteiger partial charge in [-0.1, -0.05) is 36.4 Å². The van der Waals surface area contributed by atoms with Crippen LogP contribution < -0.4 is 10.1 Å². The van der Waals surface area contributed by atoms with E-state index < -0.39 is 0 Å². The Morgan fingerprint density at radius 1 is 1.09 bits per heavy atom. The van der Waals surface area contributed by atoms with Crippen LogP contribution in [0.4, 0.5) is 0 Å². The molecule has 23 heavy (non-hydrogen) atoms.